The van der Waals surface area contributed by atoms with Crippen LogP contribution in [0.15, 0.2) is 78.9 Å². The monoisotopic (exact) mass is 781 g/mol. The molecule has 0 aromatic heterocycles. The zero-order valence-corrected chi connectivity index (χ0v) is 32.4. The van der Waals surface area contributed by atoms with Gasteiger partial charge in [-0.2, -0.15) is 5.26 Å². The lowest BCUT2D eigenvalue weighted by molar-refractivity contribution is -0.136. The average Bonchev–Trinajstić information content (AvgIpc) is 3.56. The topological polar surface area (TPSA) is 137 Å². The van der Waals surface area contributed by atoms with Crippen molar-refractivity contribution in [3.63, 3.8) is 0 Å². The minimum absolute atomic E-state index is 0.0448. The highest BCUT2D eigenvalue weighted by molar-refractivity contribution is 6.32. The van der Waals surface area contributed by atoms with Crippen molar-refractivity contribution in [3.05, 3.63) is 106 Å². The fourth-order valence-electron chi connectivity index (χ4n) is 8.88. The lowest BCUT2D eigenvalue weighted by Crippen LogP contribution is -2.55. The molecule has 288 valence electrons. The van der Waals surface area contributed by atoms with Crippen LogP contribution in [-0.4, -0.2) is 91.2 Å². The van der Waals surface area contributed by atoms with Gasteiger partial charge >= 0.3 is 0 Å². The number of nitriles is 1. The van der Waals surface area contributed by atoms with E-state index in [9.17, 15) is 29.2 Å². The molecule has 3 saturated heterocycles. The van der Waals surface area contributed by atoms with Crippen molar-refractivity contribution in [2.75, 3.05) is 60.5 Å². The Labute approximate surface area is 335 Å². The van der Waals surface area contributed by atoms with Crippen molar-refractivity contribution < 1.29 is 24.0 Å². The third kappa shape index (κ3) is 6.22. The fraction of sp³-hybridized carbons (Fsp3) is 0.318. The smallest absolute Gasteiger partial charge is 0.262 e. The van der Waals surface area contributed by atoms with Crippen LogP contribution in [0.2, 0.25) is 5.02 Å². The number of piperazine rings is 1. The van der Waals surface area contributed by atoms with E-state index in [2.05, 4.69) is 56.4 Å². The normalized spacial score (nSPS) is 20.7. The van der Waals surface area contributed by atoms with Gasteiger partial charge < -0.3 is 9.80 Å². The molecule has 4 aromatic carbocycles. The molecule has 1 unspecified atom stereocenters. The van der Waals surface area contributed by atoms with Gasteiger partial charge in [0, 0.05) is 69.5 Å². The maximum absolute atomic E-state index is 13.7. The molecule has 5 aliphatic heterocycles. The van der Waals surface area contributed by atoms with Crippen molar-refractivity contribution in [3.8, 4) is 17.2 Å². The predicted molar refractivity (Wildman–Crippen MR) is 216 cm³/mol. The summed E-state index contributed by atoms with van der Waals surface area (Å²) in [5.74, 6) is -1.53. The first-order valence-electron chi connectivity index (χ1n) is 19.3. The van der Waals surface area contributed by atoms with Crippen LogP contribution < -0.4 is 20.0 Å². The fourth-order valence-corrected chi connectivity index (χ4v) is 9.09. The zero-order valence-electron chi connectivity index (χ0n) is 31.6. The molecule has 0 radical (unpaired) electrons. The Bertz CT molecular complexity index is 2430. The molecule has 4 aromatic rings. The highest BCUT2D eigenvalue weighted by Crippen LogP contribution is 2.47. The van der Waals surface area contributed by atoms with Gasteiger partial charge in [-0.1, -0.05) is 29.8 Å². The van der Waals surface area contributed by atoms with Gasteiger partial charge in [-0.15, -0.1) is 0 Å². The average molecular weight is 782 g/mol. The molecule has 1 atom stereocenters. The molecule has 12 nitrogen and oxygen atoms in total. The second kappa shape index (κ2) is 13.9. The Hall–Kier alpha value is -6.03. The lowest BCUT2D eigenvalue weighted by Gasteiger charge is -2.45. The van der Waals surface area contributed by atoms with Crippen LogP contribution in [0.25, 0.3) is 11.1 Å². The second-order valence-corrected chi connectivity index (χ2v) is 16.5. The van der Waals surface area contributed by atoms with E-state index in [1.807, 2.05) is 32.0 Å². The summed E-state index contributed by atoms with van der Waals surface area (Å²) in [6.07, 6.45) is 0.228. The maximum atomic E-state index is 13.7. The van der Waals surface area contributed by atoms with E-state index in [4.69, 9.17) is 11.6 Å². The highest BCUT2D eigenvalue weighted by atomic mass is 35.5. The van der Waals surface area contributed by atoms with Crippen LogP contribution in [0, 0.1) is 17.2 Å². The summed E-state index contributed by atoms with van der Waals surface area (Å²) in [6, 6.07) is 26.3. The van der Waals surface area contributed by atoms with E-state index < -0.39 is 35.1 Å². The van der Waals surface area contributed by atoms with Crippen molar-refractivity contribution in [2.24, 2.45) is 5.92 Å². The first-order valence-corrected chi connectivity index (χ1v) is 19.7. The van der Waals surface area contributed by atoms with Crippen LogP contribution in [0.3, 0.4) is 0 Å². The van der Waals surface area contributed by atoms with Gasteiger partial charge in [0.25, 0.3) is 11.8 Å². The number of hydrogen-bond donors (Lipinski definition) is 1. The quantitative estimate of drug-likeness (QED) is 0.241. The molecule has 0 bridgehead atoms. The standard InChI is InChI=1S/C44H40ClN7O5/c1-44(2)35-19-28(6-12-37(35)51(43(44)57)32-9-5-29(22-46)36(45)21-32)27-3-7-30(8-4-27)49-17-15-48(16-18-49)23-26-24-50(25-26)31-10-11-33-34(20-31)42(56)52(41(33)55)38-13-14-39(53)47-40(38)54/h3-12,19-21,26,38H,13-18,23-25H2,1-2H3,(H,47,53,54). The largest absolute Gasteiger partial charge is 0.371 e. The predicted octanol–water partition coefficient (Wildman–Crippen LogP) is 5.49. The van der Waals surface area contributed by atoms with E-state index in [1.54, 1.807) is 35.2 Å². The van der Waals surface area contributed by atoms with E-state index in [0.717, 1.165) is 78.8 Å². The Morgan fingerprint density at radius 2 is 1.46 bits per heavy atom. The number of carbonyl (C=O) groups excluding carboxylic acids is 5. The number of nitrogens with one attached hydrogen (secondary N) is 1. The van der Waals surface area contributed by atoms with Gasteiger partial charge in [-0.25, -0.2) is 0 Å². The summed E-state index contributed by atoms with van der Waals surface area (Å²) in [7, 11) is 0. The van der Waals surface area contributed by atoms with Crippen LogP contribution in [0.5, 0.6) is 0 Å². The Morgan fingerprint density at radius 3 is 2.16 bits per heavy atom. The highest BCUT2D eigenvalue weighted by Gasteiger charge is 2.46. The summed E-state index contributed by atoms with van der Waals surface area (Å²) in [5, 5.41) is 11.9. The molecule has 0 saturated carbocycles. The number of rotatable bonds is 7. The SMILES string of the molecule is CC1(C)C(=O)N(c2ccc(C#N)c(Cl)c2)c2ccc(-c3ccc(N4CCN(CC5CN(c6ccc7c(c6)C(=O)N(C6CCC(=O)NC6=O)C7=O)C5)CC4)cc3)cc21. The van der Waals surface area contributed by atoms with Gasteiger partial charge in [0.05, 0.1) is 38.5 Å². The summed E-state index contributed by atoms with van der Waals surface area (Å²) in [6.45, 7) is 10.3. The van der Waals surface area contributed by atoms with E-state index >= 15 is 0 Å². The number of hydrogen-bond acceptors (Lipinski definition) is 9. The molecular formula is C44H40ClN7O5. The van der Waals surface area contributed by atoms with Crippen molar-refractivity contribution >= 4 is 63.9 Å². The van der Waals surface area contributed by atoms with E-state index in [1.165, 1.54) is 5.69 Å². The maximum Gasteiger partial charge on any atom is 0.262 e. The Morgan fingerprint density at radius 1 is 0.772 bits per heavy atom. The molecule has 9 rings (SSSR count). The van der Waals surface area contributed by atoms with Crippen LogP contribution in [0.1, 0.15) is 58.5 Å². The number of carbonyl (C=O) groups is 5. The van der Waals surface area contributed by atoms with Crippen LogP contribution >= 0.6 is 11.6 Å². The molecule has 0 aliphatic carbocycles. The molecule has 3 fully saturated rings. The summed E-state index contributed by atoms with van der Waals surface area (Å²) in [5.41, 5.74) is 6.80. The number of piperidine rings is 1. The van der Waals surface area contributed by atoms with Crippen molar-refractivity contribution in [1.29, 1.82) is 5.26 Å². The zero-order chi connectivity index (χ0) is 39.7. The third-order valence-corrected chi connectivity index (χ3v) is 12.5. The van der Waals surface area contributed by atoms with Gasteiger partial charge in [0.1, 0.15) is 12.1 Å². The number of nitrogens with zero attached hydrogens (tertiary/aromatic N) is 6. The third-order valence-electron chi connectivity index (χ3n) is 12.2. The molecular weight excluding hydrogens is 742 g/mol. The molecule has 5 aliphatic rings. The molecule has 57 heavy (non-hydrogen) atoms. The van der Waals surface area contributed by atoms with Gasteiger partial charge in [-0.3, -0.25) is 44.0 Å². The molecule has 1 N–H and O–H groups in total. The van der Waals surface area contributed by atoms with E-state index in [-0.39, 0.29) is 18.7 Å². The van der Waals surface area contributed by atoms with E-state index in [0.29, 0.717) is 33.3 Å². The van der Waals surface area contributed by atoms with Crippen molar-refractivity contribution in [1.82, 2.24) is 15.1 Å². The summed E-state index contributed by atoms with van der Waals surface area (Å²) >= 11 is 6.33. The first-order chi connectivity index (χ1) is 27.4. The molecule has 0 spiro atoms. The Balaban J connectivity index is 0.788. The lowest BCUT2D eigenvalue weighted by atomic mass is 9.84. The van der Waals surface area contributed by atoms with Crippen LogP contribution in [0.4, 0.5) is 22.7 Å². The van der Waals surface area contributed by atoms with Gasteiger partial charge in [-0.05, 0) is 97.6 Å². The molecule has 13 heteroatoms. The number of amides is 5. The van der Waals surface area contributed by atoms with Crippen molar-refractivity contribution in [2.45, 2.75) is 38.1 Å². The summed E-state index contributed by atoms with van der Waals surface area (Å²) < 4.78 is 0. The minimum atomic E-state index is -0.972. The Kier molecular flexibility index (Phi) is 8.90. The van der Waals surface area contributed by atoms with Gasteiger partial charge in [0.15, 0.2) is 0 Å². The number of imide groups is 2. The summed E-state index contributed by atoms with van der Waals surface area (Å²) in [4.78, 5) is 73.9. The second-order valence-electron chi connectivity index (χ2n) is 16.1. The molecule has 5 heterocycles. The molecule has 5 amide bonds. The minimum Gasteiger partial charge on any atom is -0.371 e. The van der Waals surface area contributed by atoms with Gasteiger partial charge in [0.2, 0.25) is 17.7 Å². The first kappa shape index (κ1) is 36.6. The van der Waals surface area contributed by atoms with Crippen LogP contribution in [-0.2, 0) is 19.8 Å². The number of benzene rings is 4. The number of fused-ring (bicyclic) bond motifs is 2. The number of anilines is 4. The number of halogens is 1.